The molecular formula is C34H46F3N8O3P. The maximum atomic E-state index is 14.0. The van der Waals surface area contributed by atoms with Crippen LogP contribution in [0.5, 0.6) is 0 Å². The quantitative estimate of drug-likeness (QED) is 0.136. The van der Waals surface area contributed by atoms with Gasteiger partial charge in [-0.2, -0.15) is 23.3 Å². The molecule has 3 heterocycles. The predicted molar refractivity (Wildman–Crippen MR) is 190 cm³/mol. The molecule has 0 bridgehead atoms. The summed E-state index contributed by atoms with van der Waals surface area (Å²) in [5.74, 6) is -0.750. The van der Waals surface area contributed by atoms with E-state index in [2.05, 4.69) is 53.7 Å². The highest BCUT2D eigenvalue weighted by Crippen LogP contribution is 2.40. The Kier molecular flexibility index (Phi) is 14.9. The van der Waals surface area contributed by atoms with Crippen molar-refractivity contribution in [3.63, 3.8) is 0 Å². The lowest BCUT2D eigenvalue weighted by Crippen LogP contribution is -2.27. The van der Waals surface area contributed by atoms with Crippen molar-refractivity contribution in [3.05, 3.63) is 77.2 Å². The van der Waals surface area contributed by atoms with Gasteiger partial charge in [0.25, 0.3) is 5.91 Å². The van der Waals surface area contributed by atoms with Crippen LogP contribution in [0, 0.1) is 0 Å². The van der Waals surface area contributed by atoms with Crippen LogP contribution < -0.4 is 10.6 Å². The molecule has 2 aromatic carbocycles. The number of aliphatic hydroxyl groups is 2. The second-order valence-electron chi connectivity index (χ2n) is 10.9. The van der Waals surface area contributed by atoms with Gasteiger partial charge in [0.2, 0.25) is 5.95 Å². The van der Waals surface area contributed by atoms with Crippen molar-refractivity contribution in [3.8, 4) is 11.1 Å². The number of amides is 1. The second kappa shape index (κ2) is 18.6. The molecule has 266 valence electrons. The zero-order valence-corrected chi connectivity index (χ0v) is 29.7. The first-order valence-corrected chi connectivity index (χ1v) is 16.9. The molecule has 49 heavy (non-hydrogen) atoms. The van der Waals surface area contributed by atoms with Crippen molar-refractivity contribution >= 4 is 38.3 Å². The molecule has 5 rings (SSSR count). The molecule has 4 aromatic rings. The molecule has 1 aliphatic heterocycles. The summed E-state index contributed by atoms with van der Waals surface area (Å²) in [5, 5.41) is 25.4. The Morgan fingerprint density at radius 1 is 0.980 bits per heavy atom. The molecule has 15 heteroatoms. The summed E-state index contributed by atoms with van der Waals surface area (Å²) in [6.07, 6.45) is 0.491. The molecule has 2 aromatic heterocycles. The molecule has 0 saturated carbocycles. The number of anilines is 4. The Bertz CT molecular complexity index is 1640. The van der Waals surface area contributed by atoms with Gasteiger partial charge in [0.1, 0.15) is 11.4 Å². The molecule has 0 saturated heterocycles. The lowest BCUT2D eigenvalue weighted by molar-refractivity contribution is -0.137. The average Bonchev–Trinajstić information content (AvgIpc) is 3.66. The van der Waals surface area contributed by atoms with Crippen LogP contribution in [0.3, 0.4) is 0 Å². The van der Waals surface area contributed by atoms with Gasteiger partial charge in [0, 0.05) is 57.0 Å². The third-order valence-corrected chi connectivity index (χ3v) is 8.02. The summed E-state index contributed by atoms with van der Waals surface area (Å²) in [6, 6.07) is 10.8. The van der Waals surface area contributed by atoms with Crippen molar-refractivity contribution in [2.45, 2.75) is 53.1 Å². The van der Waals surface area contributed by atoms with E-state index in [-0.39, 0.29) is 30.8 Å². The fourth-order valence-electron chi connectivity index (χ4n) is 5.07. The van der Waals surface area contributed by atoms with E-state index in [1.54, 1.807) is 56.3 Å². The number of likely N-dealkylation sites (N-methyl/N-ethyl adjacent to an activating group) is 1. The van der Waals surface area contributed by atoms with Gasteiger partial charge in [0.05, 0.1) is 24.0 Å². The Morgan fingerprint density at radius 2 is 1.63 bits per heavy atom. The summed E-state index contributed by atoms with van der Waals surface area (Å²) in [7, 11) is 4.30. The molecule has 4 N–H and O–H groups in total. The van der Waals surface area contributed by atoms with E-state index in [1.165, 1.54) is 0 Å². The number of nitrogens with zero attached hydrogens (tertiary/aromatic N) is 6. The smallest absolute Gasteiger partial charge is 0.397 e. The van der Waals surface area contributed by atoms with Gasteiger partial charge in [-0.05, 0) is 68.0 Å². The van der Waals surface area contributed by atoms with Gasteiger partial charge in [-0.25, -0.2) is 4.98 Å². The maximum absolute atomic E-state index is 14.0. The molecule has 11 nitrogen and oxygen atoms in total. The largest absolute Gasteiger partial charge is 0.421 e. The summed E-state index contributed by atoms with van der Waals surface area (Å²) in [6.45, 7) is 11.9. The van der Waals surface area contributed by atoms with Gasteiger partial charge >= 0.3 is 6.18 Å². The van der Waals surface area contributed by atoms with Crippen LogP contribution in [0.2, 0.25) is 0 Å². The van der Waals surface area contributed by atoms with Gasteiger partial charge in [0.15, 0.2) is 0 Å². The van der Waals surface area contributed by atoms with Crippen LogP contribution >= 0.6 is 9.24 Å². The Morgan fingerprint density at radius 3 is 2.22 bits per heavy atom. The lowest BCUT2D eigenvalue weighted by Gasteiger charge is -2.17. The zero-order valence-electron chi connectivity index (χ0n) is 28.6. The molecule has 0 radical (unpaired) electrons. The predicted octanol–water partition coefficient (Wildman–Crippen LogP) is 6.15. The molecule has 1 atom stereocenters. The maximum Gasteiger partial charge on any atom is 0.421 e. The molecule has 1 amide bonds. The van der Waals surface area contributed by atoms with E-state index in [9.17, 15) is 18.0 Å². The number of nitrogens with one attached hydrogen (secondary N) is 2. The van der Waals surface area contributed by atoms with Crippen LogP contribution in [-0.2, 0) is 25.4 Å². The van der Waals surface area contributed by atoms with Crippen molar-refractivity contribution < 1.29 is 28.2 Å². The van der Waals surface area contributed by atoms with E-state index in [4.69, 9.17) is 10.2 Å². The topological polar surface area (TPSA) is 132 Å². The number of fused-ring (bicyclic) bond motifs is 1. The molecular weight excluding hydrogens is 656 g/mol. The van der Waals surface area contributed by atoms with Crippen molar-refractivity contribution in [2.75, 3.05) is 50.5 Å². The first-order chi connectivity index (χ1) is 23.4. The fourth-order valence-corrected chi connectivity index (χ4v) is 5.34. The number of hydrogen-bond donors (Lipinski definition) is 4. The van der Waals surface area contributed by atoms with Crippen molar-refractivity contribution in [2.24, 2.45) is 0 Å². The van der Waals surface area contributed by atoms with Crippen molar-refractivity contribution in [1.82, 2.24) is 29.5 Å². The highest BCUT2D eigenvalue weighted by Gasteiger charge is 2.37. The van der Waals surface area contributed by atoms with Gasteiger partial charge in [-0.3, -0.25) is 9.48 Å². The molecule has 0 fully saturated rings. The molecule has 1 aliphatic rings. The lowest BCUT2D eigenvalue weighted by atomic mass is 9.97. The average molecular weight is 703 g/mol. The third kappa shape index (κ3) is 10.4. The standard InChI is InChI=1S/C30H34F3N8OP.2C2H6O/c1-4-40(5-2)12-13-41-16-20(14-35-41)22-10-11-25(26-23(22)17-39(3)28(26)42)37-27-24(30(31,32)33)15-34-29(38-27)36-21-8-6-19(18-43)7-9-21;2*1-2-3/h6-11,14-16H,4-5,12-13,17-18,43H2,1-3H3,(H2,34,36,37,38);2*3H,2H2,1H3. The van der Waals surface area contributed by atoms with Crippen LogP contribution in [-0.4, -0.2) is 85.6 Å². The summed E-state index contributed by atoms with van der Waals surface area (Å²) >= 11 is 0. The first kappa shape index (κ1) is 39.3. The van der Waals surface area contributed by atoms with Crippen molar-refractivity contribution in [1.29, 1.82) is 0 Å². The monoisotopic (exact) mass is 702 g/mol. The van der Waals surface area contributed by atoms with Crippen LogP contribution in [0.15, 0.2) is 55.0 Å². The number of rotatable bonds is 11. The second-order valence-corrected chi connectivity index (χ2v) is 11.3. The SMILES string of the molecule is CCN(CC)CCn1cc(-c2ccc(Nc3nc(Nc4ccc(CP)cc4)ncc3C(F)(F)F)c3c2CN(C)C3=O)cn1.CCO.CCO. The van der Waals surface area contributed by atoms with Gasteiger partial charge in [-0.1, -0.05) is 32.0 Å². The van der Waals surface area contributed by atoms with Crippen LogP contribution in [0.25, 0.3) is 11.1 Å². The third-order valence-electron chi connectivity index (χ3n) is 7.55. The van der Waals surface area contributed by atoms with Crippen LogP contribution in [0.1, 0.15) is 54.7 Å². The van der Waals surface area contributed by atoms with E-state index in [1.807, 2.05) is 23.0 Å². The highest BCUT2D eigenvalue weighted by molar-refractivity contribution is 7.15. The van der Waals surface area contributed by atoms with E-state index < -0.39 is 17.6 Å². The minimum atomic E-state index is -4.72. The number of alkyl halides is 3. The van der Waals surface area contributed by atoms with Gasteiger partial charge < -0.3 is 30.6 Å². The summed E-state index contributed by atoms with van der Waals surface area (Å²) in [4.78, 5) is 25.2. The zero-order chi connectivity index (χ0) is 36.1. The Labute approximate surface area is 287 Å². The van der Waals surface area contributed by atoms with E-state index >= 15 is 0 Å². The fraction of sp³-hybridized carbons (Fsp3) is 0.412. The number of carbonyl (C=O) groups excluding carboxylic acids is 1. The van der Waals surface area contributed by atoms with Gasteiger partial charge in [-0.15, -0.1) is 9.24 Å². The minimum absolute atomic E-state index is 0.0111. The number of carbonyl (C=O) groups is 1. The van der Waals surface area contributed by atoms with Crippen LogP contribution in [0.4, 0.5) is 36.3 Å². The van der Waals surface area contributed by atoms with E-state index in [0.29, 0.717) is 24.3 Å². The highest BCUT2D eigenvalue weighted by atomic mass is 31.0. The Hall–Kier alpha value is -4.10. The number of halogens is 3. The number of hydrogen-bond acceptors (Lipinski definition) is 9. The number of benzene rings is 2. The normalized spacial score (nSPS) is 12.2. The Balaban J connectivity index is 0.00000101. The first-order valence-electron chi connectivity index (χ1n) is 16.1. The molecule has 0 spiro atoms. The number of aliphatic hydroxyl groups excluding tert-OH is 2. The summed E-state index contributed by atoms with van der Waals surface area (Å²) in [5.41, 5.74) is 3.59. The summed E-state index contributed by atoms with van der Waals surface area (Å²) < 4.78 is 43.9. The molecule has 1 unspecified atom stereocenters. The molecule has 0 aliphatic carbocycles. The van der Waals surface area contributed by atoms with E-state index in [0.717, 1.165) is 54.2 Å². The number of aromatic nitrogens is 4. The minimum Gasteiger partial charge on any atom is -0.397 e.